The molecule has 6 nitrogen and oxygen atoms in total. The fourth-order valence-corrected chi connectivity index (χ4v) is 5.57. The molecule has 1 fully saturated rings. The maximum atomic E-state index is 13.5. The van der Waals surface area contributed by atoms with Crippen LogP contribution in [0.15, 0.2) is 72.3 Å². The number of ether oxygens (including phenoxy) is 1. The monoisotopic (exact) mass is 532 g/mol. The van der Waals surface area contributed by atoms with Crippen molar-refractivity contribution in [1.82, 2.24) is 4.98 Å². The van der Waals surface area contributed by atoms with E-state index in [1.54, 1.807) is 48.5 Å². The molecule has 1 atom stereocenters. The lowest BCUT2D eigenvalue weighted by molar-refractivity contribution is -0.132. The number of amides is 1. The van der Waals surface area contributed by atoms with Crippen LogP contribution in [0.3, 0.4) is 0 Å². The summed E-state index contributed by atoms with van der Waals surface area (Å²) in [6, 6.07) is 18.8. The van der Waals surface area contributed by atoms with Crippen molar-refractivity contribution in [3.63, 3.8) is 0 Å². The van der Waals surface area contributed by atoms with Crippen molar-refractivity contribution >= 4 is 55.7 Å². The number of thiazole rings is 1. The number of hydrogen-bond donors (Lipinski definition) is 1. The molecule has 8 heteroatoms. The average Bonchev–Trinajstić information content (AvgIpc) is 3.41. The topological polar surface area (TPSA) is 79.7 Å². The molecule has 188 valence electrons. The SMILES string of the molecule is CCc1ccc2nc(N3C(=O)C(=O)/C(=C(/O)c4ccc(Cl)cc4)[C@@H]3c3ccc(OC(C)C)cc3)sc2c1. The largest absolute Gasteiger partial charge is 0.507 e. The maximum absolute atomic E-state index is 13.5. The van der Waals surface area contributed by atoms with Crippen LogP contribution in [0.4, 0.5) is 5.13 Å². The molecule has 1 aliphatic rings. The highest BCUT2D eigenvalue weighted by Crippen LogP contribution is 2.44. The number of hydrogen-bond acceptors (Lipinski definition) is 6. The highest BCUT2D eigenvalue weighted by atomic mass is 35.5. The van der Waals surface area contributed by atoms with Gasteiger partial charge in [0.05, 0.1) is 27.9 Å². The minimum atomic E-state index is -0.866. The van der Waals surface area contributed by atoms with Gasteiger partial charge in [-0.25, -0.2) is 4.98 Å². The molecule has 1 aliphatic heterocycles. The van der Waals surface area contributed by atoms with Crippen LogP contribution < -0.4 is 9.64 Å². The fourth-order valence-electron chi connectivity index (χ4n) is 4.39. The van der Waals surface area contributed by atoms with Gasteiger partial charge in [0.25, 0.3) is 5.78 Å². The number of fused-ring (bicyclic) bond motifs is 1. The summed E-state index contributed by atoms with van der Waals surface area (Å²) in [4.78, 5) is 32.9. The number of Topliss-reactive ketones (excluding diaryl/α,β-unsaturated/α-hetero) is 1. The Morgan fingerprint density at radius 2 is 1.78 bits per heavy atom. The maximum Gasteiger partial charge on any atom is 0.301 e. The van der Waals surface area contributed by atoms with Gasteiger partial charge >= 0.3 is 5.91 Å². The first-order valence-corrected chi connectivity index (χ1v) is 13.2. The van der Waals surface area contributed by atoms with Gasteiger partial charge in [-0.15, -0.1) is 0 Å². The van der Waals surface area contributed by atoms with Crippen LogP contribution in [-0.2, 0) is 16.0 Å². The standard InChI is InChI=1S/C29H25ClN2O4S/c1-4-17-5-14-22-23(15-17)37-29(31-22)32-25(18-8-12-21(13-9-18)36-16(2)3)24(27(34)28(32)35)26(33)19-6-10-20(30)11-7-19/h5-16,25,33H,4H2,1-3H3/b26-24+/t25-/m0/s1. The summed E-state index contributed by atoms with van der Waals surface area (Å²) < 4.78 is 6.69. The number of aryl methyl sites for hydroxylation is 1. The number of ketones is 1. The zero-order valence-electron chi connectivity index (χ0n) is 20.6. The van der Waals surface area contributed by atoms with E-state index in [1.807, 2.05) is 32.0 Å². The Morgan fingerprint density at radius 3 is 2.43 bits per heavy atom. The summed E-state index contributed by atoms with van der Waals surface area (Å²) in [5.74, 6) is -1.11. The second-order valence-corrected chi connectivity index (χ2v) is 10.5. The summed E-state index contributed by atoms with van der Waals surface area (Å²) in [6.45, 7) is 5.95. The minimum absolute atomic E-state index is 0.00152. The van der Waals surface area contributed by atoms with Gasteiger partial charge in [0, 0.05) is 10.6 Å². The molecule has 1 aromatic heterocycles. The summed E-state index contributed by atoms with van der Waals surface area (Å²) in [7, 11) is 0. The molecule has 0 saturated carbocycles. The Labute approximate surface area is 223 Å². The molecule has 3 aromatic carbocycles. The van der Waals surface area contributed by atoms with Gasteiger partial charge in [0.15, 0.2) is 5.13 Å². The molecule has 1 N–H and O–H groups in total. The van der Waals surface area contributed by atoms with Crippen molar-refractivity contribution in [3.8, 4) is 5.75 Å². The first kappa shape index (κ1) is 25.0. The summed E-state index contributed by atoms with van der Waals surface area (Å²) in [5.41, 5.74) is 2.95. The number of benzene rings is 3. The number of aliphatic hydroxyl groups excluding tert-OH is 1. The molecule has 37 heavy (non-hydrogen) atoms. The molecular formula is C29H25ClN2O4S. The molecule has 4 aromatic rings. The predicted octanol–water partition coefficient (Wildman–Crippen LogP) is 6.93. The van der Waals surface area contributed by atoms with E-state index in [4.69, 9.17) is 21.3 Å². The molecule has 5 rings (SSSR count). The molecule has 0 aliphatic carbocycles. The Hall–Kier alpha value is -3.68. The van der Waals surface area contributed by atoms with Crippen LogP contribution in [-0.4, -0.2) is 27.9 Å². The van der Waals surface area contributed by atoms with E-state index in [-0.39, 0.29) is 17.4 Å². The number of aliphatic hydroxyl groups is 1. The Balaban J connectivity index is 1.68. The third kappa shape index (κ3) is 4.72. The van der Waals surface area contributed by atoms with Crippen LogP contribution in [0.5, 0.6) is 5.75 Å². The Kier molecular flexibility index (Phi) is 6.75. The molecule has 0 bridgehead atoms. The predicted molar refractivity (Wildman–Crippen MR) is 147 cm³/mol. The van der Waals surface area contributed by atoms with Crippen molar-refractivity contribution in [2.24, 2.45) is 0 Å². The van der Waals surface area contributed by atoms with E-state index in [1.165, 1.54) is 16.2 Å². The quantitative estimate of drug-likeness (QED) is 0.165. The smallest absolute Gasteiger partial charge is 0.301 e. The van der Waals surface area contributed by atoms with Gasteiger partial charge in [-0.2, -0.15) is 0 Å². The van der Waals surface area contributed by atoms with Crippen molar-refractivity contribution < 1.29 is 19.4 Å². The van der Waals surface area contributed by atoms with E-state index in [0.717, 1.165) is 22.2 Å². The number of anilines is 1. The van der Waals surface area contributed by atoms with Gasteiger partial charge in [-0.3, -0.25) is 14.5 Å². The molecule has 0 unspecified atom stereocenters. The first-order valence-electron chi connectivity index (χ1n) is 12.0. The summed E-state index contributed by atoms with van der Waals surface area (Å²) in [6.07, 6.45) is 0.872. The number of carbonyl (C=O) groups excluding carboxylic acids is 2. The molecule has 2 heterocycles. The fraction of sp³-hybridized carbons (Fsp3) is 0.207. The lowest BCUT2D eigenvalue weighted by atomic mass is 9.95. The number of carbonyl (C=O) groups is 2. The highest BCUT2D eigenvalue weighted by Gasteiger charge is 2.48. The lowest BCUT2D eigenvalue weighted by Gasteiger charge is -2.23. The first-order chi connectivity index (χ1) is 17.8. The molecule has 1 saturated heterocycles. The minimum Gasteiger partial charge on any atom is -0.507 e. The number of rotatable bonds is 6. The Bertz CT molecular complexity index is 1520. The van der Waals surface area contributed by atoms with Crippen LogP contribution in [0.1, 0.15) is 43.5 Å². The zero-order valence-corrected chi connectivity index (χ0v) is 22.1. The number of halogens is 1. The molecule has 0 spiro atoms. The normalized spacial score (nSPS) is 17.2. The van der Waals surface area contributed by atoms with Gasteiger partial charge in [-0.1, -0.05) is 48.1 Å². The second-order valence-electron chi connectivity index (χ2n) is 9.06. The van der Waals surface area contributed by atoms with E-state index in [2.05, 4.69) is 6.92 Å². The third-order valence-corrected chi connectivity index (χ3v) is 7.46. The number of nitrogens with zero attached hydrogens (tertiary/aromatic N) is 2. The van der Waals surface area contributed by atoms with Crippen LogP contribution in [0.2, 0.25) is 5.02 Å². The van der Waals surface area contributed by atoms with Crippen LogP contribution in [0, 0.1) is 0 Å². The van der Waals surface area contributed by atoms with Crippen molar-refractivity contribution in [2.75, 3.05) is 4.90 Å². The van der Waals surface area contributed by atoms with Crippen molar-refractivity contribution in [2.45, 2.75) is 39.3 Å². The third-order valence-electron chi connectivity index (χ3n) is 6.19. The summed E-state index contributed by atoms with van der Waals surface area (Å²) in [5, 5.41) is 12.2. The van der Waals surface area contributed by atoms with Gasteiger partial charge in [0.1, 0.15) is 11.5 Å². The zero-order chi connectivity index (χ0) is 26.3. The molecule has 0 radical (unpaired) electrons. The van der Waals surface area contributed by atoms with Crippen molar-refractivity contribution in [3.05, 3.63) is 94.0 Å². The van der Waals surface area contributed by atoms with Crippen molar-refractivity contribution in [1.29, 1.82) is 0 Å². The van der Waals surface area contributed by atoms with E-state index >= 15 is 0 Å². The van der Waals surface area contributed by atoms with Gasteiger partial charge in [-0.05, 0) is 79.9 Å². The van der Waals surface area contributed by atoms with Crippen LogP contribution in [0.25, 0.3) is 16.0 Å². The average molecular weight is 533 g/mol. The van der Waals surface area contributed by atoms with Crippen LogP contribution >= 0.6 is 22.9 Å². The second kappa shape index (κ2) is 10.00. The summed E-state index contributed by atoms with van der Waals surface area (Å²) >= 11 is 7.37. The van der Waals surface area contributed by atoms with E-state index in [9.17, 15) is 14.7 Å². The van der Waals surface area contributed by atoms with E-state index < -0.39 is 17.7 Å². The van der Waals surface area contributed by atoms with Gasteiger partial charge < -0.3 is 9.84 Å². The van der Waals surface area contributed by atoms with E-state index in [0.29, 0.717) is 27.0 Å². The highest BCUT2D eigenvalue weighted by molar-refractivity contribution is 7.22. The lowest BCUT2D eigenvalue weighted by Crippen LogP contribution is -2.29. The van der Waals surface area contributed by atoms with Gasteiger partial charge in [0.2, 0.25) is 0 Å². The molecular weight excluding hydrogens is 508 g/mol. The number of aromatic nitrogens is 1. The Morgan fingerprint density at radius 1 is 1.08 bits per heavy atom. The molecule has 1 amide bonds.